The van der Waals surface area contributed by atoms with Crippen LogP contribution < -0.4 is 15.2 Å². The van der Waals surface area contributed by atoms with Crippen molar-refractivity contribution in [2.24, 2.45) is 5.14 Å². The number of carbonyl (C=O) groups is 1. The lowest BCUT2D eigenvalue weighted by Crippen LogP contribution is -2.27. The van der Waals surface area contributed by atoms with E-state index in [1.54, 1.807) is 7.11 Å². The molecule has 0 aliphatic rings. The first-order valence-corrected chi connectivity index (χ1v) is 8.85. The van der Waals surface area contributed by atoms with Crippen LogP contribution in [0.3, 0.4) is 0 Å². The molecule has 0 aromatic heterocycles. The number of sulfonamides is 1. The highest BCUT2D eigenvalue weighted by Gasteiger charge is 2.16. The Morgan fingerprint density at radius 2 is 1.79 bits per heavy atom. The topological polar surface area (TPSA) is 98.5 Å². The van der Waals surface area contributed by atoms with Gasteiger partial charge >= 0.3 is 0 Å². The molecule has 0 saturated carbocycles. The SMILES string of the molecule is COc1ccc(C)cc1C(C)NC(=O)c1ccc(S(N)(=O)=O)cc1. The number of hydrogen-bond acceptors (Lipinski definition) is 4. The number of amides is 1. The van der Waals surface area contributed by atoms with Crippen molar-refractivity contribution in [3.8, 4) is 5.75 Å². The van der Waals surface area contributed by atoms with Gasteiger partial charge in [0.25, 0.3) is 5.91 Å². The van der Waals surface area contributed by atoms with Crippen LogP contribution in [-0.2, 0) is 10.0 Å². The minimum absolute atomic E-state index is 0.0348. The molecule has 7 heteroatoms. The number of benzene rings is 2. The van der Waals surface area contributed by atoms with Crippen LogP contribution in [0.5, 0.6) is 5.75 Å². The monoisotopic (exact) mass is 348 g/mol. The van der Waals surface area contributed by atoms with Crippen molar-refractivity contribution in [3.63, 3.8) is 0 Å². The Morgan fingerprint density at radius 3 is 2.33 bits per heavy atom. The van der Waals surface area contributed by atoms with Crippen LogP contribution in [0.2, 0.25) is 0 Å². The zero-order valence-corrected chi connectivity index (χ0v) is 14.6. The molecule has 0 aliphatic heterocycles. The predicted octanol–water partition coefficient (Wildman–Crippen LogP) is 2.14. The molecule has 2 rings (SSSR count). The van der Waals surface area contributed by atoms with Gasteiger partial charge < -0.3 is 10.1 Å². The number of rotatable bonds is 5. The van der Waals surface area contributed by atoms with Crippen molar-refractivity contribution < 1.29 is 17.9 Å². The summed E-state index contributed by atoms with van der Waals surface area (Å²) in [4.78, 5) is 12.3. The summed E-state index contributed by atoms with van der Waals surface area (Å²) in [5.41, 5.74) is 2.28. The minimum atomic E-state index is -3.77. The number of aryl methyl sites for hydroxylation is 1. The first kappa shape index (κ1) is 18.0. The van der Waals surface area contributed by atoms with E-state index in [9.17, 15) is 13.2 Å². The van der Waals surface area contributed by atoms with Gasteiger partial charge in [0, 0.05) is 11.1 Å². The van der Waals surface area contributed by atoms with Crippen molar-refractivity contribution in [2.45, 2.75) is 24.8 Å². The second-order valence-electron chi connectivity index (χ2n) is 5.51. The smallest absolute Gasteiger partial charge is 0.251 e. The van der Waals surface area contributed by atoms with Gasteiger partial charge in [-0.25, -0.2) is 13.6 Å². The van der Waals surface area contributed by atoms with E-state index in [2.05, 4.69) is 5.32 Å². The molecule has 1 amide bonds. The lowest BCUT2D eigenvalue weighted by Gasteiger charge is -2.18. The van der Waals surface area contributed by atoms with E-state index in [4.69, 9.17) is 9.88 Å². The summed E-state index contributed by atoms with van der Waals surface area (Å²) < 4.78 is 27.8. The van der Waals surface area contributed by atoms with Gasteiger partial charge in [-0.3, -0.25) is 4.79 Å². The molecular weight excluding hydrogens is 328 g/mol. The van der Waals surface area contributed by atoms with Crippen LogP contribution in [0.4, 0.5) is 0 Å². The van der Waals surface area contributed by atoms with Crippen LogP contribution in [0, 0.1) is 6.92 Å². The van der Waals surface area contributed by atoms with E-state index in [0.717, 1.165) is 11.1 Å². The summed E-state index contributed by atoms with van der Waals surface area (Å²) in [6.45, 7) is 3.82. The molecular formula is C17H20N2O4S. The van der Waals surface area contributed by atoms with Gasteiger partial charge in [-0.05, 0) is 44.2 Å². The Balaban J connectivity index is 2.19. The van der Waals surface area contributed by atoms with E-state index in [0.29, 0.717) is 11.3 Å². The third kappa shape index (κ3) is 4.12. The van der Waals surface area contributed by atoms with Crippen molar-refractivity contribution in [1.82, 2.24) is 5.32 Å². The van der Waals surface area contributed by atoms with Crippen molar-refractivity contribution in [2.75, 3.05) is 7.11 Å². The summed E-state index contributed by atoms with van der Waals surface area (Å²) in [5.74, 6) is 0.380. The number of ether oxygens (including phenoxy) is 1. The maximum Gasteiger partial charge on any atom is 0.251 e. The second-order valence-corrected chi connectivity index (χ2v) is 7.07. The van der Waals surface area contributed by atoms with Gasteiger partial charge in [0.05, 0.1) is 18.0 Å². The predicted molar refractivity (Wildman–Crippen MR) is 91.4 cm³/mol. The molecule has 0 radical (unpaired) electrons. The number of nitrogens with one attached hydrogen (secondary N) is 1. The molecule has 0 heterocycles. The third-order valence-corrected chi connectivity index (χ3v) is 4.57. The first-order chi connectivity index (χ1) is 11.2. The average Bonchev–Trinajstić information content (AvgIpc) is 2.54. The van der Waals surface area contributed by atoms with E-state index >= 15 is 0 Å². The molecule has 0 fully saturated rings. The van der Waals surface area contributed by atoms with Gasteiger partial charge in [0.2, 0.25) is 10.0 Å². The average molecular weight is 348 g/mol. The lowest BCUT2D eigenvalue weighted by molar-refractivity contribution is 0.0939. The van der Waals surface area contributed by atoms with Crippen LogP contribution in [0.15, 0.2) is 47.4 Å². The fourth-order valence-electron chi connectivity index (χ4n) is 2.35. The normalized spacial score (nSPS) is 12.5. The summed E-state index contributed by atoms with van der Waals surface area (Å²) in [7, 11) is -2.20. The molecule has 6 nitrogen and oxygen atoms in total. The zero-order valence-electron chi connectivity index (χ0n) is 13.7. The minimum Gasteiger partial charge on any atom is -0.496 e. The Bertz CT molecular complexity index is 845. The highest BCUT2D eigenvalue weighted by molar-refractivity contribution is 7.89. The number of nitrogens with two attached hydrogens (primary N) is 1. The van der Waals surface area contributed by atoms with Crippen molar-refractivity contribution in [1.29, 1.82) is 0 Å². The first-order valence-electron chi connectivity index (χ1n) is 7.30. The Kier molecular flexibility index (Phi) is 5.26. The molecule has 1 unspecified atom stereocenters. The maximum atomic E-state index is 12.3. The summed E-state index contributed by atoms with van der Waals surface area (Å²) in [5, 5.41) is 7.92. The molecule has 128 valence electrons. The number of primary sulfonamides is 1. The molecule has 3 N–H and O–H groups in total. The molecule has 0 bridgehead atoms. The molecule has 0 spiro atoms. The molecule has 0 aliphatic carbocycles. The maximum absolute atomic E-state index is 12.3. The quantitative estimate of drug-likeness (QED) is 0.865. The van der Waals surface area contributed by atoms with E-state index in [1.165, 1.54) is 24.3 Å². The number of carbonyl (C=O) groups excluding carboxylic acids is 1. The summed E-state index contributed by atoms with van der Waals surface area (Å²) in [6, 6.07) is 10.9. The molecule has 2 aromatic carbocycles. The third-order valence-electron chi connectivity index (χ3n) is 3.64. The van der Waals surface area contributed by atoms with E-state index < -0.39 is 10.0 Å². The Hall–Kier alpha value is -2.38. The fraction of sp³-hybridized carbons (Fsp3) is 0.235. The van der Waals surface area contributed by atoms with Gasteiger partial charge in [-0.15, -0.1) is 0 Å². The van der Waals surface area contributed by atoms with E-state index in [1.807, 2.05) is 32.0 Å². The Morgan fingerprint density at radius 1 is 1.17 bits per heavy atom. The van der Waals surface area contributed by atoms with Crippen LogP contribution in [0.25, 0.3) is 0 Å². The highest BCUT2D eigenvalue weighted by atomic mass is 32.2. The molecule has 1 atom stereocenters. The van der Waals surface area contributed by atoms with Crippen LogP contribution >= 0.6 is 0 Å². The fourth-order valence-corrected chi connectivity index (χ4v) is 2.86. The Labute approximate surface area is 141 Å². The lowest BCUT2D eigenvalue weighted by atomic mass is 10.0. The molecule has 2 aromatic rings. The summed E-state index contributed by atoms with van der Waals surface area (Å²) >= 11 is 0. The van der Waals surface area contributed by atoms with Crippen molar-refractivity contribution >= 4 is 15.9 Å². The van der Waals surface area contributed by atoms with Gasteiger partial charge in [-0.2, -0.15) is 0 Å². The zero-order chi connectivity index (χ0) is 17.9. The van der Waals surface area contributed by atoms with Crippen molar-refractivity contribution in [3.05, 3.63) is 59.2 Å². The largest absolute Gasteiger partial charge is 0.496 e. The number of hydrogen-bond donors (Lipinski definition) is 2. The van der Waals surface area contributed by atoms with Crippen LogP contribution in [0.1, 0.15) is 34.5 Å². The van der Waals surface area contributed by atoms with Crippen LogP contribution in [-0.4, -0.2) is 21.4 Å². The van der Waals surface area contributed by atoms with E-state index in [-0.39, 0.29) is 16.8 Å². The molecule has 24 heavy (non-hydrogen) atoms. The van der Waals surface area contributed by atoms with Gasteiger partial charge in [0.15, 0.2) is 0 Å². The number of methoxy groups -OCH3 is 1. The van der Waals surface area contributed by atoms with Gasteiger partial charge in [-0.1, -0.05) is 17.7 Å². The second kappa shape index (κ2) is 7.02. The van der Waals surface area contributed by atoms with Gasteiger partial charge in [0.1, 0.15) is 5.75 Å². The highest BCUT2D eigenvalue weighted by Crippen LogP contribution is 2.26. The molecule has 0 saturated heterocycles. The summed E-state index contributed by atoms with van der Waals surface area (Å²) in [6.07, 6.45) is 0. The standard InChI is InChI=1S/C17H20N2O4S/c1-11-4-9-16(23-3)15(10-11)12(2)19-17(20)13-5-7-14(8-6-13)24(18,21)22/h4-10,12H,1-3H3,(H,19,20)(H2,18,21,22).